The number of nitrogens with one attached hydrogen (secondary N) is 1. The van der Waals surface area contributed by atoms with E-state index < -0.39 is 17.8 Å². The van der Waals surface area contributed by atoms with Gasteiger partial charge in [0.05, 0.1) is 17.7 Å². The van der Waals surface area contributed by atoms with Gasteiger partial charge in [-0.25, -0.2) is 0 Å². The summed E-state index contributed by atoms with van der Waals surface area (Å²) in [7, 11) is 0. The van der Waals surface area contributed by atoms with Crippen molar-refractivity contribution in [2.75, 3.05) is 6.61 Å². The van der Waals surface area contributed by atoms with Gasteiger partial charge in [0.25, 0.3) is 5.91 Å². The molecule has 0 aliphatic heterocycles. The highest BCUT2D eigenvalue weighted by Crippen LogP contribution is 2.27. The van der Waals surface area contributed by atoms with Crippen molar-refractivity contribution >= 4 is 5.91 Å². The second-order valence-electron chi connectivity index (χ2n) is 4.82. The number of hydrogen-bond donors (Lipinski definition) is 2. The van der Waals surface area contributed by atoms with Crippen LogP contribution in [0.3, 0.4) is 0 Å². The minimum Gasteiger partial charge on any atom is -0.376 e. The van der Waals surface area contributed by atoms with Crippen LogP contribution in [0.1, 0.15) is 29.4 Å². The van der Waals surface area contributed by atoms with Gasteiger partial charge in [-0.1, -0.05) is 0 Å². The lowest BCUT2D eigenvalue weighted by molar-refractivity contribution is -0.141. The van der Waals surface area contributed by atoms with E-state index in [0.29, 0.717) is 13.0 Å². The normalized spacial score (nSPS) is 25.3. The number of halogens is 3. The molecule has 1 fully saturated rings. The second-order valence-corrected chi connectivity index (χ2v) is 4.82. The average Bonchev–Trinajstić information content (AvgIpc) is 2.43. The van der Waals surface area contributed by atoms with Crippen molar-refractivity contribution in [3.8, 4) is 0 Å². The zero-order valence-electron chi connectivity index (χ0n) is 11.4. The smallest absolute Gasteiger partial charge is 0.376 e. The van der Waals surface area contributed by atoms with Crippen LogP contribution < -0.4 is 11.1 Å². The van der Waals surface area contributed by atoms with Gasteiger partial charge in [0, 0.05) is 18.8 Å². The summed E-state index contributed by atoms with van der Waals surface area (Å²) in [5.41, 5.74) is 4.81. The number of carbonyl (C=O) groups excluding carboxylic acids is 1. The van der Waals surface area contributed by atoms with E-state index in [-0.39, 0.29) is 23.8 Å². The van der Waals surface area contributed by atoms with Crippen molar-refractivity contribution < 1.29 is 22.7 Å². The Bertz CT molecular complexity index is 502. The second kappa shape index (κ2) is 5.98. The minimum absolute atomic E-state index is 0.0531. The monoisotopic (exact) mass is 303 g/mol. The van der Waals surface area contributed by atoms with Crippen LogP contribution in [0.5, 0.6) is 0 Å². The summed E-state index contributed by atoms with van der Waals surface area (Å²) in [6.07, 6.45) is -3.13. The number of ether oxygens (including phenoxy) is 1. The third-order valence-corrected chi connectivity index (χ3v) is 3.36. The zero-order chi connectivity index (χ0) is 15.6. The molecule has 3 atom stereocenters. The van der Waals surface area contributed by atoms with E-state index in [4.69, 9.17) is 10.5 Å². The van der Waals surface area contributed by atoms with E-state index in [2.05, 4.69) is 10.3 Å². The molecule has 2 rings (SSSR count). The van der Waals surface area contributed by atoms with Gasteiger partial charge in [0.1, 0.15) is 5.69 Å². The number of aromatic nitrogens is 1. The summed E-state index contributed by atoms with van der Waals surface area (Å²) >= 11 is 0. The Balaban J connectivity index is 2.00. The van der Waals surface area contributed by atoms with E-state index >= 15 is 0 Å². The molecule has 0 radical (unpaired) electrons. The molecule has 0 spiro atoms. The predicted octanol–water partition coefficient (Wildman–Crippen LogP) is 1.33. The van der Waals surface area contributed by atoms with E-state index in [1.54, 1.807) is 0 Å². The lowest BCUT2D eigenvalue weighted by Crippen LogP contribution is -2.64. The summed E-state index contributed by atoms with van der Waals surface area (Å²) in [6.45, 7) is 2.34. The lowest BCUT2D eigenvalue weighted by atomic mass is 9.83. The lowest BCUT2D eigenvalue weighted by Gasteiger charge is -2.42. The molecule has 1 saturated carbocycles. The minimum atomic E-state index is -4.52. The first-order valence-corrected chi connectivity index (χ1v) is 6.54. The molecule has 1 aliphatic rings. The van der Waals surface area contributed by atoms with Gasteiger partial charge in [-0.05, 0) is 25.5 Å². The van der Waals surface area contributed by atoms with Gasteiger partial charge < -0.3 is 15.8 Å². The summed E-state index contributed by atoms with van der Waals surface area (Å²) in [6, 6.07) is 1.31. The summed E-state index contributed by atoms with van der Waals surface area (Å²) in [5, 5.41) is 2.67. The highest BCUT2D eigenvalue weighted by atomic mass is 19.4. The molecule has 8 heteroatoms. The van der Waals surface area contributed by atoms with Gasteiger partial charge in [0.15, 0.2) is 0 Å². The zero-order valence-corrected chi connectivity index (χ0v) is 11.4. The standard InChI is InChI=1S/C13H16F3N3O2/c1-2-21-9-5-8(17)11(9)19-12(20)7-3-4-10(18-6-7)13(14,15)16/h3-4,6,8-9,11H,2,5,17H2,1H3,(H,19,20). The average molecular weight is 303 g/mol. The number of alkyl halides is 3. The molecule has 0 aromatic carbocycles. The fourth-order valence-electron chi connectivity index (χ4n) is 2.16. The van der Waals surface area contributed by atoms with Gasteiger partial charge in [-0.15, -0.1) is 0 Å². The van der Waals surface area contributed by atoms with Crippen molar-refractivity contribution in [2.24, 2.45) is 5.73 Å². The number of nitrogens with two attached hydrogens (primary N) is 1. The van der Waals surface area contributed by atoms with Crippen molar-refractivity contribution in [3.05, 3.63) is 29.6 Å². The number of hydrogen-bond acceptors (Lipinski definition) is 4. The third-order valence-electron chi connectivity index (χ3n) is 3.36. The molecule has 3 unspecified atom stereocenters. The van der Waals surface area contributed by atoms with E-state index in [1.165, 1.54) is 0 Å². The summed E-state index contributed by atoms with van der Waals surface area (Å²) in [4.78, 5) is 15.2. The molecule has 3 N–H and O–H groups in total. The van der Waals surface area contributed by atoms with Crippen LogP contribution in [0.4, 0.5) is 13.2 Å². The molecule has 5 nitrogen and oxygen atoms in total. The molecular weight excluding hydrogens is 287 g/mol. The number of amides is 1. The third kappa shape index (κ3) is 3.51. The van der Waals surface area contributed by atoms with E-state index in [0.717, 1.165) is 18.3 Å². The SMILES string of the molecule is CCOC1CC(N)C1NC(=O)c1ccc(C(F)(F)F)nc1. The molecule has 1 aliphatic carbocycles. The van der Waals surface area contributed by atoms with Gasteiger partial charge in [-0.3, -0.25) is 9.78 Å². The molecule has 1 amide bonds. The van der Waals surface area contributed by atoms with Gasteiger partial charge >= 0.3 is 6.18 Å². The fraction of sp³-hybridized carbons (Fsp3) is 0.538. The Labute approximate surface area is 119 Å². The number of nitrogens with zero attached hydrogens (tertiary/aromatic N) is 1. The number of carbonyl (C=O) groups is 1. The molecule has 116 valence electrons. The Hall–Kier alpha value is -1.67. The first-order chi connectivity index (χ1) is 9.82. The Kier molecular flexibility index (Phi) is 4.48. The topological polar surface area (TPSA) is 77.2 Å². The molecule has 0 bridgehead atoms. The number of pyridine rings is 1. The van der Waals surface area contributed by atoms with E-state index in [9.17, 15) is 18.0 Å². The van der Waals surface area contributed by atoms with Crippen LogP contribution in [0.15, 0.2) is 18.3 Å². The Morgan fingerprint density at radius 2 is 2.24 bits per heavy atom. The van der Waals surface area contributed by atoms with Crippen LogP contribution in [0.2, 0.25) is 0 Å². The molecule has 21 heavy (non-hydrogen) atoms. The molecule has 1 aromatic heterocycles. The Morgan fingerprint density at radius 3 is 2.71 bits per heavy atom. The quantitative estimate of drug-likeness (QED) is 0.880. The molecule has 1 aromatic rings. The van der Waals surface area contributed by atoms with E-state index in [1.807, 2.05) is 6.92 Å². The Morgan fingerprint density at radius 1 is 1.52 bits per heavy atom. The largest absolute Gasteiger partial charge is 0.433 e. The van der Waals surface area contributed by atoms with Gasteiger partial charge in [0.2, 0.25) is 0 Å². The van der Waals surface area contributed by atoms with Gasteiger partial charge in [-0.2, -0.15) is 13.2 Å². The van der Waals surface area contributed by atoms with Crippen LogP contribution in [0, 0.1) is 0 Å². The van der Waals surface area contributed by atoms with Crippen LogP contribution in [-0.4, -0.2) is 35.7 Å². The van der Waals surface area contributed by atoms with Crippen molar-refractivity contribution in [3.63, 3.8) is 0 Å². The molecule has 1 heterocycles. The van der Waals surface area contributed by atoms with Crippen molar-refractivity contribution in [1.29, 1.82) is 0 Å². The maximum absolute atomic E-state index is 12.4. The molecule has 0 saturated heterocycles. The van der Waals surface area contributed by atoms with Crippen molar-refractivity contribution in [2.45, 2.75) is 37.7 Å². The summed E-state index contributed by atoms with van der Waals surface area (Å²) < 4.78 is 42.6. The highest BCUT2D eigenvalue weighted by molar-refractivity contribution is 5.94. The predicted molar refractivity (Wildman–Crippen MR) is 68.5 cm³/mol. The first kappa shape index (κ1) is 15.7. The first-order valence-electron chi connectivity index (χ1n) is 6.54. The fourth-order valence-corrected chi connectivity index (χ4v) is 2.16. The van der Waals surface area contributed by atoms with Crippen LogP contribution in [0.25, 0.3) is 0 Å². The van der Waals surface area contributed by atoms with Crippen LogP contribution >= 0.6 is 0 Å². The molecular formula is C13H16F3N3O2. The van der Waals surface area contributed by atoms with Crippen LogP contribution in [-0.2, 0) is 10.9 Å². The highest BCUT2D eigenvalue weighted by Gasteiger charge is 2.40. The maximum Gasteiger partial charge on any atom is 0.433 e. The summed E-state index contributed by atoms with van der Waals surface area (Å²) in [5.74, 6) is -0.513. The van der Waals surface area contributed by atoms with Crippen molar-refractivity contribution in [1.82, 2.24) is 10.3 Å². The number of rotatable bonds is 4. The maximum atomic E-state index is 12.4.